The van der Waals surface area contributed by atoms with E-state index >= 15 is 0 Å². The van der Waals surface area contributed by atoms with Crippen LogP contribution >= 0.6 is 0 Å². The van der Waals surface area contributed by atoms with Crippen LogP contribution in [0.3, 0.4) is 0 Å². The Morgan fingerprint density at radius 2 is 1.89 bits per heavy atom. The summed E-state index contributed by atoms with van der Waals surface area (Å²) in [5.74, 6) is 0.160. The molecule has 12 nitrogen and oxygen atoms in total. The van der Waals surface area contributed by atoms with Crippen LogP contribution in [0.5, 0.6) is 0 Å². The molecule has 1 aliphatic heterocycles. The van der Waals surface area contributed by atoms with E-state index in [0.29, 0.717) is 34.5 Å². The van der Waals surface area contributed by atoms with Gasteiger partial charge in [0.1, 0.15) is 11.9 Å². The number of allylic oxidation sites excluding steroid dienone is 2. The van der Waals surface area contributed by atoms with E-state index < -0.39 is 24.1 Å². The highest BCUT2D eigenvalue weighted by Crippen LogP contribution is 2.23. The number of carbonyl (C=O) groups excluding carboxylic acids is 2. The van der Waals surface area contributed by atoms with E-state index in [1.54, 1.807) is 48.8 Å². The van der Waals surface area contributed by atoms with Crippen LogP contribution in [-0.4, -0.2) is 66.9 Å². The molecule has 4 rings (SSSR count). The van der Waals surface area contributed by atoms with Crippen LogP contribution in [0.1, 0.15) is 48.8 Å². The number of aromatic nitrogens is 2. The van der Waals surface area contributed by atoms with Crippen molar-refractivity contribution >= 4 is 24.4 Å². The minimum Gasteiger partial charge on any atom is -0.453 e. The number of rotatable bonds is 13. The van der Waals surface area contributed by atoms with Crippen LogP contribution in [0, 0.1) is 0 Å². The van der Waals surface area contributed by atoms with Gasteiger partial charge in [-0.05, 0) is 68.9 Å². The summed E-state index contributed by atoms with van der Waals surface area (Å²) >= 11 is 0. The number of aromatic amines is 1. The van der Waals surface area contributed by atoms with Crippen molar-refractivity contribution < 1.29 is 14.3 Å². The number of amides is 2. The molecule has 2 heterocycles. The fourth-order valence-corrected chi connectivity index (χ4v) is 5.18. The molecule has 12 heteroatoms. The maximum atomic E-state index is 13.2. The Bertz CT molecular complexity index is 1580. The first kappa shape index (κ1) is 33.5. The smallest absolute Gasteiger partial charge is 0.407 e. The summed E-state index contributed by atoms with van der Waals surface area (Å²) in [6.07, 6.45) is 8.47. The van der Waals surface area contributed by atoms with Gasteiger partial charge in [0.2, 0.25) is 5.91 Å². The summed E-state index contributed by atoms with van der Waals surface area (Å²) in [6.45, 7) is 7.24. The molecule has 0 bridgehead atoms. The molecule has 8 N–H and O–H groups in total. The molecule has 3 aromatic rings. The van der Waals surface area contributed by atoms with Gasteiger partial charge in [0.15, 0.2) is 0 Å². The van der Waals surface area contributed by atoms with Gasteiger partial charge in [0.25, 0.3) is 0 Å². The third kappa shape index (κ3) is 8.85. The minimum absolute atomic E-state index is 0.399. The Morgan fingerprint density at radius 1 is 1.15 bits per heavy atom. The topological polar surface area (TPSA) is 176 Å². The predicted octanol–water partition coefficient (Wildman–Crippen LogP) is 3.72. The summed E-state index contributed by atoms with van der Waals surface area (Å²) in [6, 6.07) is 15.7. The number of hydrogen-bond acceptors (Lipinski definition) is 9. The molecule has 3 atom stereocenters. The lowest BCUT2D eigenvalue weighted by molar-refractivity contribution is -0.123. The first-order valence-electron chi connectivity index (χ1n) is 15.1. The van der Waals surface area contributed by atoms with Gasteiger partial charge in [-0.2, -0.15) is 0 Å². The molecule has 0 saturated carbocycles. The van der Waals surface area contributed by atoms with Crippen LogP contribution in [0.25, 0.3) is 17.0 Å². The van der Waals surface area contributed by atoms with E-state index in [-0.39, 0.29) is 0 Å². The highest BCUT2D eigenvalue weighted by atomic mass is 16.5. The van der Waals surface area contributed by atoms with E-state index in [9.17, 15) is 9.59 Å². The number of nitrogens with two attached hydrogens (primary N) is 2. The summed E-state index contributed by atoms with van der Waals surface area (Å²) in [5.41, 5.74) is 17.6. The van der Waals surface area contributed by atoms with Crippen LogP contribution in [0.15, 0.2) is 95.5 Å². The SMILES string of the molecule is C=N/C=C(NC[C@@H]1CCCN1C)/C(N)=C/C=C(\N)c1ccc(-c2cnc([C@H](C)NC(=O)[C@H](NC(=O)OC)c3ccccc3)[nH]2)cc1. The zero-order valence-electron chi connectivity index (χ0n) is 26.5. The van der Waals surface area contributed by atoms with Crippen molar-refractivity contribution in [1.29, 1.82) is 0 Å². The Kier molecular flexibility index (Phi) is 11.7. The van der Waals surface area contributed by atoms with Crippen molar-refractivity contribution in [2.75, 3.05) is 27.2 Å². The number of likely N-dealkylation sites (N-methyl/N-ethyl adjacent to an activating group) is 1. The minimum atomic E-state index is -0.932. The fourth-order valence-electron chi connectivity index (χ4n) is 5.18. The van der Waals surface area contributed by atoms with Gasteiger partial charge in [0.05, 0.1) is 42.6 Å². The molecule has 1 saturated heterocycles. The number of alkyl carbamates (subject to hydrolysis) is 1. The number of ether oxygens (including phenoxy) is 1. The number of benzene rings is 2. The predicted molar refractivity (Wildman–Crippen MR) is 181 cm³/mol. The molecule has 0 aliphatic carbocycles. The van der Waals surface area contributed by atoms with Gasteiger partial charge in [-0.1, -0.05) is 54.6 Å². The van der Waals surface area contributed by atoms with Crippen molar-refractivity contribution in [1.82, 2.24) is 30.8 Å². The molecule has 242 valence electrons. The number of hydrogen-bond donors (Lipinski definition) is 6. The first-order chi connectivity index (χ1) is 22.2. The highest BCUT2D eigenvalue weighted by Gasteiger charge is 2.25. The van der Waals surface area contributed by atoms with Gasteiger partial charge in [-0.3, -0.25) is 9.79 Å². The van der Waals surface area contributed by atoms with E-state index in [1.165, 1.54) is 13.5 Å². The Morgan fingerprint density at radius 3 is 2.54 bits per heavy atom. The number of H-pyrrole nitrogens is 1. The van der Waals surface area contributed by atoms with Crippen LogP contribution in [0.4, 0.5) is 4.79 Å². The maximum Gasteiger partial charge on any atom is 0.407 e. The number of methoxy groups -OCH3 is 1. The van der Waals surface area contributed by atoms with Gasteiger partial charge < -0.3 is 42.0 Å². The second-order valence-electron chi connectivity index (χ2n) is 11.1. The van der Waals surface area contributed by atoms with Crippen LogP contribution < -0.4 is 27.4 Å². The second-order valence-corrected chi connectivity index (χ2v) is 11.1. The fraction of sp³-hybridized carbons (Fsp3) is 0.294. The molecular formula is C34H43N9O3. The Balaban J connectivity index is 1.39. The van der Waals surface area contributed by atoms with E-state index in [4.69, 9.17) is 16.2 Å². The Labute approximate surface area is 269 Å². The normalized spacial score (nSPS) is 17.2. The average molecular weight is 626 g/mol. The standard InChI is InChI=1S/C34H43N9O3/c1-22(40-33(44)31(42-34(45)46-4)25-9-6-5-7-10-25)32-39-21-29(41-32)24-14-12-23(13-15-24)27(35)16-17-28(36)30(20-37-2)38-19-26-11-8-18-43(26)3/h5-7,9-10,12-17,20-22,26,31,38H,2,8,11,18-19,35-36H2,1,3-4H3,(H,39,41)(H,40,44)(H,42,45)/b27-16-,28-17-,30-20-/t22-,26-,31+/m0/s1. The quantitative estimate of drug-likeness (QED) is 0.123. The van der Waals surface area contributed by atoms with Crippen molar-refractivity contribution in [2.24, 2.45) is 16.5 Å². The first-order valence-corrected chi connectivity index (χ1v) is 15.1. The lowest BCUT2D eigenvalue weighted by atomic mass is 10.1. The number of nitrogens with one attached hydrogen (secondary N) is 4. The number of carbonyl (C=O) groups is 2. The van der Waals surface area contributed by atoms with E-state index in [1.807, 2.05) is 37.3 Å². The second kappa shape index (κ2) is 16.1. The molecule has 0 unspecified atom stereocenters. The molecule has 1 aliphatic rings. The number of imidazole rings is 1. The van der Waals surface area contributed by atoms with E-state index in [2.05, 4.69) is 49.6 Å². The maximum absolute atomic E-state index is 13.2. The largest absolute Gasteiger partial charge is 0.453 e. The van der Waals surface area contributed by atoms with E-state index in [0.717, 1.165) is 36.3 Å². The molecule has 2 amide bonds. The van der Waals surface area contributed by atoms with Crippen LogP contribution in [-0.2, 0) is 9.53 Å². The molecule has 2 aromatic carbocycles. The number of aliphatic imine (C=N–C) groups is 1. The van der Waals surface area contributed by atoms with Crippen molar-refractivity contribution in [3.63, 3.8) is 0 Å². The van der Waals surface area contributed by atoms with Gasteiger partial charge in [-0.25, -0.2) is 9.78 Å². The number of likely N-dealkylation sites (tertiary alicyclic amines) is 1. The third-order valence-electron chi connectivity index (χ3n) is 7.91. The lowest BCUT2D eigenvalue weighted by Crippen LogP contribution is -2.41. The molecule has 46 heavy (non-hydrogen) atoms. The molecular weight excluding hydrogens is 582 g/mol. The van der Waals surface area contributed by atoms with Crippen molar-refractivity contribution in [2.45, 2.75) is 37.9 Å². The number of nitrogens with zero attached hydrogens (tertiary/aromatic N) is 3. The van der Waals surface area contributed by atoms with Crippen LogP contribution in [0.2, 0.25) is 0 Å². The summed E-state index contributed by atoms with van der Waals surface area (Å²) in [5, 5.41) is 8.89. The summed E-state index contributed by atoms with van der Waals surface area (Å²) in [4.78, 5) is 39.0. The van der Waals surface area contributed by atoms with Gasteiger partial charge in [0, 0.05) is 18.3 Å². The molecule has 0 spiro atoms. The zero-order chi connectivity index (χ0) is 33.1. The highest BCUT2D eigenvalue weighted by molar-refractivity contribution is 5.87. The molecule has 0 radical (unpaired) electrons. The summed E-state index contributed by atoms with van der Waals surface area (Å²) < 4.78 is 4.71. The molecule has 1 fully saturated rings. The Hall–Kier alpha value is -5.36. The zero-order valence-corrected chi connectivity index (χ0v) is 26.5. The van der Waals surface area contributed by atoms with Crippen molar-refractivity contribution in [3.8, 4) is 11.3 Å². The third-order valence-corrected chi connectivity index (χ3v) is 7.91. The van der Waals surface area contributed by atoms with Crippen molar-refractivity contribution in [3.05, 3.63) is 107 Å². The average Bonchev–Trinajstić information content (AvgIpc) is 3.74. The van der Waals surface area contributed by atoms with Gasteiger partial charge in [-0.15, -0.1) is 0 Å². The monoisotopic (exact) mass is 625 g/mol. The molecule has 1 aromatic heterocycles. The van der Waals surface area contributed by atoms with Gasteiger partial charge >= 0.3 is 6.09 Å². The summed E-state index contributed by atoms with van der Waals surface area (Å²) in [7, 11) is 3.38. The lowest BCUT2D eigenvalue weighted by Gasteiger charge is -2.21.